The molecule has 0 aliphatic carbocycles. The van der Waals surface area contributed by atoms with Crippen molar-refractivity contribution in [2.45, 2.75) is 52.1 Å². The standard InChI is InChI=1S/C12H23NO4/c1-12(2,3)17-11(16)7-5-4-6-8-13-9-10(14)15/h13H,4-9H2,1-3H3,(H,14,15). The maximum Gasteiger partial charge on any atom is 0.317 e. The van der Waals surface area contributed by atoms with Gasteiger partial charge in [-0.25, -0.2) is 0 Å². The van der Waals surface area contributed by atoms with Crippen LogP contribution >= 0.6 is 0 Å². The molecule has 0 aliphatic rings. The van der Waals surface area contributed by atoms with Gasteiger partial charge in [-0.1, -0.05) is 6.42 Å². The van der Waals surface area contributed by atoms with Crippen molar-refractivity contribution in [1.82, 2.24) is 5.32 Å². The second kappa shape index (κ2) is 8.06. The van der Waals surface area contributed by atoms with Gasteiger partial charge in [0.2, 0.25) is 0 Å². The molecule has 0 radical (unpaired) electrons. The lowest BCUT2D eigenvalue weighted by Gasteiger charge is -2.19. The molecule has 100 valence electrons. The van der Waals surface area contributed by atoms with Crippen molar-refractivity contribution >= 4 is 11.9 Å². The summed E-state index contributed by atoms with van der Waals surface area (Å²) in [5.41, 5.74) is -0.417. The van der Waals surface area contributed by atoms with Crippen LogP contribution in [0.4, 0.5) is 0 Å². The summed E-state index contributed by atoms with van der Waals surface area (Å²) >= 11 is 0. The summed E-state index contributed by atoms with van der Waals surface area (Å²) < 4.78 is 5.16. The van der Waals surface area contributed by atoms with Crippen LogP contribution in [0.3, 0.4) is 0 Å². The molecule has 0 aromatic carbocycles. The Morgan fingerprint density at radius 1 is 1.18 bits per heavy atom. The molecular formula is C12H23NO4. The predicted octanol–water partition coefficient (Wildman–Crippen LogP) is 1.56. The number of hydrogen-bond acceptors (Lipinski definition) is 4. The van der Waals surface area contributed by atoms with Gasteiger partial charge in [-0.2, -0.15) is 0 Å². The van der Waals surface area contributed by atoms with Gasteiger partial charge in [0.1, 0.15) is 5.60 Å². The number of rotatable bonds is 8. The molecule has 0 aliphatic heterocycles. The Morgan fingerprint density at radius 3 is 2.35 bits per heavy atom. The first-order chi connectivity index (χ1) is 7.81. The number of nitrogens with one attached hydrogen (secondary N) is 1. The lowest BCUT2D eigenvalue weighted by Crippen LogP contribution is -2.24. The molecule has 0 rings (SSSR count). The third-order valence-electron chi connectivity index (χ3n) is 1.93. The van der Waals surface area contributed by atoms with E-state index in [2.05, 4.69) is 5.32 Å². The molecule has 0 fully saturated rings. The van der Waals surface area contributed by atoms with Crippen LogP contribution in [0.2, 0.25) is 0 Å². The Labute approximate surface area is 103 Å². The van der Waals surface area contributed by atoms with Crippen molar-refractivity contribution in [2.24, 2.45) is 0 Å². The first-order valence-corrected chi connectivity index (χ1v) is 5.95. The van der Waals surface area contributed by atoms with Gasteiger partial charge in [0.05, 0.1) is 6.54 Å². The molecule has 0 saturated carbocycles. The van der Waals surface area contributed by atoms with E-state index >= 15 is 0 Å². The van der Waals surface area contributed by atoms with Crippen molar-refractivity contribution < 1.29 is 19.4 Å². The minimum atomic E-state index is -0.848. The lowest BCUT2D eigenvalue weighted by molar-refractivity contribution is -0.154. The van der Waals surface area contributed by atoms with E-state index in [1.54, 1.807) is 0 Å². The second-order valence-electron chi connectivity index (χ2n) is 4.97. The summed E-state index contributed by atoms with van der Waals surface area (Å²) in [6.45, 7) is 6.20. The maximum atomic E-state index is 11.3. The van der Waals surface area contributed by atoms with E-state index in [1.807, 2.05) is 20.8 Å². The SMILES string of the molecule is CC(C)(C)OC(=O)CCCCCNCC(=O)O. The van der Waals surface area contributed by atoms with Crippen LogP contribution in [-0.4, -0.2) is 35.7 Å². The summed E-state index contributed by atoms with van der Waals surface area (Å²) in [6.07, 6.45) is 2.97. The zero-order valence-electron chi connectivity index (χ0n) is 10.9. The largest absolute Gasteiger partial charge is 0.480 e. The molecular weight excluding hydrogens is 222 g/mol. The average Bonchev–Trinajstić information content (AvgIpc) is 2.12. The van der Waals surface area contributed by atoms with Crippen molar-refractivity contribution in [3.63, 3.8) is 0 Å². The zero-order valence-corrected chi connectivity index (χ0v) is 10.9. The molecule has 0 saturated heterocycles. The number of carbonyl (C=O) groups is 2. The van der Waals surface area contributed by atoms with Gasteiger partial charge in [-0.15, -0.1) is 0 Å². The highest BCUT2D eigenvalue weighted by Gasteiger charge is 2.15. The van der Waals surface area contributed by atoms with Crippen LogP contribution in [0.15, 0.2) is 0 Å². The number of carboxylic acid groups (broad SMARTS) is 1. The summed E-state index contributed by atoms with van der Waals surface area (Å²) in [5.74, 6) is -1.02. The molecule has 5 heteroatoms. The molecule has 17 heavy (non-hydrogen) atoms. The normalized spacial score (nSPS) is 11.2. The first-order valence-electron chi connectivity index (χ1n) is 5.95. The highest BCUT2D eigenvalue weighted by atomic mass is 16.6. The first kappa shape index (κ1) is 15.9. The van der Waals surface area contributed by atoms with E-state index in [-0.39, 0.29) is 12.5 Å². The second-order valence-corrected chi connectivity index (χ2v) is 4.97. The van der Waals surface area contributed by atoms with Gasteiger partial charge in [0.25, 0.3) is 0 Å². The third kappa shape index (κ3) is 12.8. The molecule has 0 aromatic rings. The predicted molar refractivity (Wildman–Crippen MR) is 64.8 cm³/mol. The van der Waals surface area contributed by atoms with Crippen molar-refractivity contribution in [1.29, 1.82) is 0 Å². The van der Waals surface area contributed by atoms with Gasteiger partial charge in [-0.05, 0) is 40.2 Å². The van der Waals surface area contributed by atoms with E-state index in [0.717, 1.165) is 19.3 Å². The van der Waals surface area contributed by atoms with Crippen LogP contribution in [0.25, 0.3) is 0 Å². The Bertz CT molecular complexity index is 245. The van der Waals surface area contributed by atoms with Crippen LogP contribution in [0.1, 0.15) is 46.5 Å². The fourth-order valence-corrected chi connectivity index (χ4v) is 1.28. The van der Waals surface area contributed by atoms with Crippen LogP contribution in [0, 0.1) is 0 Å². The highest BCUT2D eigenvalue weighted by molar-refractivity contribution is 5.69. The van der Waals surface area contributed by atoms with Crippen molar-refractivity contribution in [3.05, 3.63) is 0 Å². The molecule has 5 nitrogen and oxygen atoms in total. The van der Waals surface area contributed by atoms with Gasteiger partial charge in [0, 0.05) is 6.42 Å². The number of carboxylic acids is 1. The van der Waals surface area contributed by atoms with Crippen LogP contribution in [-0.2, 0) is 14.3 Å². The van der Waals surface area contributed by atoms with Gasteiger partial charge < -0.3 is 15.2 Å². The molecule has 0 aromatic heterocycles. The van der Waals surface area contributed by atoms with Crippen LogP contribution < -0.4 is 5.32 Å². The lowest BCUT2D eigenvalue weighted by atomic mass is 10.1. The Balaban J connectivity index is 3.34. The average molecular weight is 245 g/mol. The summed E-state index contributed by atoms with van der Waals surface area (Å²) in [5, 5.41) is 11.2. The number of carbonyl (C=O) groups excluding carboxylic acids is 1. The monoisotopic (exact) mass is 245 g/mol. The summed E-state index contributed by atoms with van der Waals surface area (Å²) in [4.78, 5) is 21.5. The number of esters is 1. The van der Waals surface area contributed by atoms with Gasteiger partial charge in [0.15, 0.2) is 0 Å². The van der Waals surface area contributed by atoms with Crippen molar-refractivity contribution in [3.8, 4) is 0 Å². The minimum absolute atomic E-state index is 0.00787. The van der Waals surface area contributed by atoms with E-state index in [9.17, 15) is 9.59 Å². The third-order valence-corrected chi connectivity index (χ3v) is 1.93. The Kier molecular flexibility index (Phi) is 7.54. The summed E-state index contributed by atoms with van der Waals surface area (Å²) in [7, 11) is 0. The topological polar surface area (TPSA) is 75.6 Å². The smallest absolute Gasteiger partial charge is 0.317 e. The fraction of sp³-hybridized carbons (Fsp3) is 0.833. The van der Waals surface area contributed by atoms with E-state index in [0.29, 0.717) is 13.0 Å². The molecule has 0 atom stereocenters. The number of ether oxygens (including phenoxy) is 1. The van der Waals surface area contributed by atoms with E-state index in [4.69, 9.17) is 9.84 Å². The Hall–Kier alpha value is -1.10. The molecule has 2 N–H and O–H groups in total. The van der Waals surface area contributed by atoms with E-state index in [1.165, 1.54) is 0 Å². The molecule has 0 unspecified atom stereocenters. The molecule has 0 bridgehead atoms. The Morgan fingerprint density at radius 2 is 1.82 bits per heavy atom. The number of hydrogen-bond donors (Lipinski definition) is 2. The highest BCUT2D eigenvalue weighted by Crippen LogP contribution is 2.10. The molecule has 0 spiro atoms. The van der Waals surface area contributed by atoms with Crippen molar-refractivity contribution in [2.75, 3.05) is 13.1 Å². The number of aliphatic carboxylic acids is 1. The molecule has 0 amide bonds. The molecule has 0 heterocycles. The summed E-state index contributed by atoms with van der Waals surface area (Å²) in [6, 6.07) is 0. The van der Waals surface area contributed by atoms with Gasteiger partial charge >= 0.3 is 11.9 Å². The quantitative estimate of drug-likeness (QED) is 0.501. The van der Waals surface area contributed by atoms with E-state index < -0.39 is 11.6 Å². The zero-order chi connectivity index (χ0) is 13.3. The maximum absolute atomic E-state index is 11.3. The number of unbranched alkanes of at least 4 members (excludes halogenated alkanes) is 2. The van der Waals surface area contributed by atoms with Crippen LogP contribution in [0.5, 0.6) is 0 Å². The fourth-order valence-electron chi connectivity index (χ4n) is 1.28. The minimum Gasteiger partial charge on any atom is -0.480 e. The van der Waals surface area contributed by atoms with Gasteiger partial charge in [-0.3, -0.25) is 9.59 Å².